The van der Waals surface area contributed by atoms with E-state index in [9.17, 15) is 9.90 Å². The van der Waals surface area contributed by atoms with E-state index in [4.69, 9.17) is 4.74 Å². The van der Waals surface area contributed by atoms with Crippen molar-refractivity contribution in [1.29, 1.82) is 0 Å². The molecule has 3 aromatic carbocycles. The molecule has 0 unspecified atom stereocenters. The van der Waals surface area contributed by atoms with Crippen LogP contribution in [0.2, 0.25) is 0 Å². The van der Waals surface area contributed by atoms with Gasteiger partial charge in [0, 0.05) is 5.56 Å². The van der Waals surface area contributed by atoms with Crippen LogP contribution in [0.15, 0.2) is 65.6 Å². The van der Waals surface area contributed by atoms with Crippen molar-refractivity contribution in [1.82, 2.24) is 0 Å². The number of benzene rings is 3. The highest BCUT2D eigenvalue weighted by Gasteiger charge is 2.30. The first kappa shape index (κ1) is 26.1. The maximum atomic E-state index is 15.5. The lowest BCUT2D eigenvalue weighted by molar-refractivity contribution is 0.0696. The lowest BCUT2D eigenvalue weighted by Crippen LogP contribution is -2.25. The summed E-state index contributed by atoms with van der Waals surface area (Å²) in [4.78, 5) is 11.7. The molecule has 4 nitrogen and oxygen atoms in total. The Morgan fingerprint density at radius 2 is 1.72 bits per heavy atom. The highest BCUT2D eigenvalue weighted by atomic mass is 32.2. The number of hydrogen-bond acceptors (Lipinski definition) is 4. The maximum absolute atomic E-state index is 15.5. The van der Waals surface area contributed by atoms with E-state index in [1.807, 2.05) is 18.2 Å². The van der Waals surface area contributed by atoms with Gasteiger partial charge in [0.2, 0.25) is 0 Å². The summed E-state index contributed by atoms with van der Waals surface area (Å²) in [6.07, 6.45) is 4.95. The van der Waals surface area contributed by atoms with Crippen molar-refractivity contribution < 1.29 is 19.0 Å². The number of ether oxygens (including phenoxy) is 1. The third-order valence-electron chi connectivity index (χ3n) is 7.33. The number of hydrogen-bond donors (Lipinski definition) is 2. The first-order valence-corrected chi connectivity index (χ1v) is 13.2. The van der Waals surface area contributed by atoms with Gasteiger partial charge < -0.3 is 14.6 Å². The van der Waals surface area contributed by atoms with E-state index in [2.05, 4.69) is 37.6 Å². The van der Waals surface area contributed by atoms with Gasteiger partial charge in [-0.3, -0.25) is 0 Å². The van der Waals surface area contributed by atoms with Gasteiger partial charge in [0.05, 0.1) is 23.3 Å². The van der Waals surface area contributed by atoms with Gasteiger partial charge in [-0.15, -0.1) is 0 Å². The summed E-state index contributed by atoms with van der Waals surface area (Å²) in [7, 11) is 1.47. The van der Waals surface area contributed by atoms with Gasteiger partial charge in [0.15, 0.2) is 0 Å². The fourth-order valence-electron chi connectivity index (χ4n) is 5.06. The number of aromatic carboxylic acids is 1. The van der Waals surface area contributed by atoms with Crippen LogP contribution in [0.4, 0.5) is 10.1 Å². The quantitative estimate of drug-likeness (QED) is 0.313. The minimum absolute atomic E-state index is 0.126. The van der Waals surface area contributed by atoms with E-state index < -0.39 is 5.97 Å². The number of carbonyl (C=O) groups is 1. The fraction of sp³-hybridized carbons (Fsp3) is 0.367. The number of halogens is 1. The molecule has 6 heteroatoms. The monoisotopic (exact) mass is 507 g/mol. The number of carboxylic acid groups (broad SMARTS) is 1. The molecule has 2 N–H and O–H groups in total. The van der Waals surface area contributed by atoms with Crippen LogP contribution < -0.4 is 9.46 Å². The standard InChI is InChI=1S/C30H34FNO3S/c1-30(2,3)23-15-12-20(13-16-23)19-8-10-21(11-9-19)24-6-5-7-27(28(24)31)36-32-25-17-14-22(29(33)34)18-26(25)35-4/h5-11,14,17-18,20,23,32H,12-13,15-16H2,1-4H3,(H,33,34)/t20-,23+. The molecule has 190 valence electrons. The van der Waals surface area contributed by atoms with Crippen LogP contribution in [-0.4, -0.2) is 18.2 Å². The Morgan fingerprint density at radius 3 is 2.33 bits per heavy atom. The molecule has 0 atom stereocenters. The zero-order valence-electron chi connectivity index (χ0n) is 21.3. The van der Waals surface area contributed by atoms with Crippen molar-refractivity contribution >= 4 is 23.6 Å². The minimum Gasteiger partial charge on any atom is -0.495 e. The van der Waals surface area contributed by atoms with Crippen molar-refractivity contribution in [3.05, 3.63) is 77.6 Å². The summed E-state index contributed by atoms with van der Waals surface area (Å²) in [5, 5.41) is 9.18. The third kappa shape index (κ3) is 5.86. The van der Waals surface area contributed by atoms with Crippen LogP contribution in [-0.2, 0) is 0 Å². The van der Waals surface area contributed by atoms with E-state index in [1.165, 1.54) is 50.5 Å². The molecule has 1 aliphatic rings. The Morgan fingerprint density at radius 1 is 1.03 bits per heavy atom. The Hall–Kier alpha value is -2.99. The van der Waals surface area contributed by atoms with E-state index in [0.717, 1.165) is 23.4 Å². The summed E-state index contributed by atoms with van der Waals surface area (Å²) >= 11 is 1.13. The Kier molecular flexibility index (Phi) is 7.94. The zero-order valence-corrected chi connectivity index (χ0v) is 22.1. The van der Waals surface area contributed by atoms with Gasteiger partial charge in [0.1, 0.15) is 11.6 Å². The van der Waals surface area contributed by atoms with Crippen LogP contribution in [0.3, 0.4) is 0 Å². The molecule has 0 radical (unpaired) electrons. The molecule has 36 heavy (non-hydrogen) atoms. The molecule has 0 spiro atoms. The second-order valence-corrected chi connectivity index (χ2v) is 11.4. The predicted octanol–water partition coefficient (Wildman–Crippen LogP) is 8.64. The van der Waals surface area contributed by atoms with Crippen molar-refractivity contribution in [3.63, 3.8) is 0 Å². The van der Waals surface area contributed by atoms with Gasteiger partial charge in [-0.25, -0.2) is 9.18 Å². The van der Waals surface area contributed by atoms with Crippen LogP contribution in [0.1, 0.15) is 68.3 Å². The second-order valence-electron chi connectivity index (χ2n) is 10.6. The Balaban J connectivity index is 1.46. The largest absolute Gasteiger partial charge is 0.495 e. The molecule has 1 aliphatic carbocycles. The maximum Gasteiger partial charge on any atom is 0.335 e. The molecule has 0 saturated heterocycles. The summed E-state index contributed by atoms with van der Waals surface area (Å²) in [6.45, 7) is 7.03. The topological polar surface area (TPSA) is 58.6 Å². The second kappa shape index (κ2) is 11.0. The SMILES string of the molecule is COc1cc(C(=O)O)ccc1NSc1cccc(-c2ccc([C@H]3CC[C@@H](C(C)(C)C)CC3)cc2)c1F. The predicted molar refractivity (Wildman–Crippen MR) is 145 cm³/mol. The van der Waals surface area contributed by atoms with E-state index >= 15 is 4.39 Å². The highest BCUT2D eigenvalue weighted by molar-refractivity contribution is 8.00. The highest BCUT2D eigenvalue weighted by Crippen LogP contribution is 2.43. The zero-order chi connectivity index (χ0) is 25.9. The van der Waals surface area contributed by atoms with Crippen LogP contribution in [0, 0.1) is 17.2 Å². The van der Waals surface area contributed by atoms with Gasteiger partial charge in [0.25, 0.3) is 0 Å². The van der Waals surface area contributed by atoms with Crippen LogP contribution in [0.25, 0.3) is 11.1 Å². The van der Waals surface area contributed by atoms with Crippen molar-refractivity contribution in [2.45, 2.75) is 57.3 Å². The number of anilines is 1. The van der Waals surface area contributed by atoms with Crippen molar-refractivity contribution in [2.24, 2.45) is 11.3 Å². The average molecular weight is 508 g/mol. The molecule has 0 amide bonds. The summed E-state index contributed by atoms with van der Waals surface area (Å²) in [5.74, 6) is 0.414. The lowest BCUT2D eigenvalue weighted by atomic mass is 9.68. The Labute approximate surface area is 217 Å². The van der Waals surface area contributed by atoms with Gasteiger partial charge in [-0.05, 0) is 90.3 Å². The van der Waals surface area contributed by atoms with Crippen molar-refractivity contribution in [3.8, 4) is 16.9 Å². The summed E-state index contributed by atoms with van der Waals surface area (Å²) < 4.78 is 23.8. The number of methoxy groups -OCH3 is 1. The Bertz CT molecular complexity index is 1210. The average Bonchev–Trinajstić information content (AvgIpc) is 2.87. The molecule has 3 aromatic rings. The first-order valence-electron chi connectivity index (χ1n) is 12.4. The molecule has 1 fully saturated rings. The summed E-state index contributed by atoms with van der Waals surface area (Å²) in [5.41, 5.74) is 3.82. The van der Waals surface area contributed by atoms with E-state index in [-0.39, 0.29) is 11.4 Å². The molecule has 0 aliphatic heterocycles. The molecular formula is C30H34FNO3S. The summed E-state index contributed by atoms with van der Waals surface area (Å²) in [6, 6.07) is 18.3. The van der Waals surface area contributed by atoms with Gasteiger partial charge >= 0.3 is 5.97 Å². The molecule has 0 bridgehead atoms. The number of carboxylic acids is 1. The molecular weight excluding hydrogens is 473 g/mol. The van der Waals surface area contributed by atoms with Gasteiger partial charge in [-0.2, -0.15) is 0 Å². The smallest absolute Gasteiger partial charge is 0.335 e. The third-order valence-corrected chi connectivity index (χ3v) is 8.18. The van der Waals surface area contributed by atoms with E-state index in [1.54, 1.807) is 18.2 Å². The number of rotatable bonds is 7. The van der Waals surface area contributed by atoms with E-state index in [0.29, 0.717) is 33.2 Å². The molecule has 0 aromatic heterocycles. The normalized spacial score (nSPS) is 18.0. The molecule has 4 rings (SSSR count). The number of nitrogens with one attached hydrogen (secondary N) is 1. The fourth-order valence-corrected chi connectivity index (χ4v) is 5.79. The van der Waals surface area contributed by atoms with Crippen LogP contribution >= 0.6 is 11.9 Å². The van der Waals surface area contributed by atoms with Crippen LogP contribution in [0.5, 0.6) is 5.75 Å². The minimum atomic E-state index is -1.03. The lowest BCUT2D eigenvalue weighted by Gasteiger charge is -2.37. The first-order chi connectivity index (χ1) is 17.2. The molecule has 0 heterocycles. The van der Waals surface area contributed by atoms with Crippen molar-refractivity contribution in [2.75, 3.05) is 11.8 Å². The van der Waals surface area contributed by atoms with Gasteiger partial charge in [-0.1, -0.05) is 57.2 Å². The molecule has 1 saturated carbocycles.